The third-order valence-corrected chi connectivity index (χ3v) is 3.23. The number of ether oxygens (including phenoxy) is 2. The molecule has 2 rings (SSSR count). The van der Waals surface area contributed by atoms with Crippen LogP contribution >= 0.6 is 0 Å². The van der Waals surface area contributed by atoms with E-state index in [2.05, 4.69) is 9.72 Å². The Kier molecular flexibility index (Phi) is 6.37. The molecule has 1 aromatic heterocycles. The summed E-state index contributed by atoms with van der Waals surface area (Å²) in [5.74, 6) is -4.46. The first kappa shape index (κ1) is 19.5. The first-order chi connectivity index (χ1) is 12.4. The van der Waals surface area contributed by atoms with E-state index in [0.29, 0.717) is 6.20 Å². The zero-order chi connectivity index (χ0) is 19.3. The van der Waals surface area contributed by atoms with E-state index in [1.807, 2.05) is 0 Å². The number of hydrogen-bond donors (Lipinski definition) is 0. The van der Waals surface area contributed by atoms with Gasteiger partial charge in [0.1, 0.15) is 19.1 Å². The van der Waals surface area contributed by atoms with Crippen molar-refractivity contribution in [3.63, 3.8) is 0 Å². The van der Waals surface area contributed by atoms with E-state index in [9.17, 15) is 22.4 Å². The highest BCUT2D eigenvalue weighted by Crippen LogP contribution is 2.31. The third kappa shape index (κ3) is 4.41. The first-order valence-electron chi connectivity index (χ1n) is 7.49. The molecule has 0 bridgehead atoms. The van der Waals surface area contributed by atoms with Gasteiger partial charge in [-0.3, -0.25) is 4.79 Å². The molecule has 26 heavy (non-hydrogen) atoms. The van der Waals surface area contributed by atoms with Crippen LogP contribution in [0.1, 0.15) is 10.4 Å². The van der Waals surface area contributed by atoms with E-state index in [1.54, 1.807) is 14.1 Å². The van der Waals surface area contributed by atoms with Gasteiger partial charge >= 0.3 is 0 Å². The van der Waals surface area contributed by atoms with Crippen molar-refractivity contribution in [2.24, 2.45) is 0 Å². The molecule has 1 heterocycles. The van der Waals surface area contributed by atoms with Crippen LogP contribution in [0.4, 0.5) is 17.6 Å². The third-order valence-electron chi connectivity index (χ3n) is 3.23. The molecule has 0 N–H and O–H groups in total. The van der Waals surface area contributed by atoms with Crippen LogP contribution in [-0.4, -0.2) is 49.3 Å². The molecule has 0 radical (unpaired) electrons. The van der Waals surface area contributed by atoms with Crippen LogP contribution in [0.3, 0.4) is 0 Å². The highest BCUT2D eigenvalue weighted by Gasteiger charge is 2.22. The van der Waals surface area contributed by atoms with E-state index < -0.39 is 42.7 Å². The molecule has 2 aromatic rings. The zero-order valence-corrected chi connectivity index (χ0v) is 14.0. The largest absolute Gasteiger partial charge is 0.479 e. The topological polar surface area (TPSA) is 51.7 Å². The number of hydrogen-bond acceptors (Lipinski definition) is 4. The number of amides is 1. The number of alkyl halides is 2. The Balaban J connectivity index is 2.30. The molecular weight excluding hydrogens is 356 g/mol. The summed E-state index contributed by atoms with van der Waals surface area (Å²) in [4.78, 5) is 16.8. The van der Waals surface area contributed by atoms with Crippen LogP contribution in [-0.2, 0) is 0 Å². The summed E-state index contributed by atoms with van der Waals surface area (Å²) in [6.07, 6.45) is -1.04. The lowest BCUT2D eigenvalue weighted by Gasteiger charge is -2.15. The summed E-state index contributed by atoms with van der Waals surface area (Å²) in [6.45, 7) is -2.52. The number of halogens is 4. The molecule has 0 aliphatic carbocycles. The van der Waals surface area contributed by atoms with Gasteiger partial charge in [0.2, 0.25) is 5.82 Å². The summed E-state index contributed by atoms with van der Waals surface area (Å²) < 4.78 is 63.0. The van der Waals surface area contributed by atoms with Crippen molar-refractivity contribution >= 4 is 5.91 Å². The van der Waals surface area contributed by atoms with Crippen molar-refractivity contribution in [1.82, 2.24) is 9.88 Å². The first-order valence-corrected chi connectivity index (χ1v) is 7.49. The van der Waals surface area contributed by atoms with E-state index >= 15 is 0 Å². The normalized spacial score (nSPS) is 10.7. The fourth-order valence-electron chi connectivity index (χ4n) is 1.95. The second kappa shape index (κ2) is 8.50. The summed E-state index contributed by atoms with van der Waals surface area (Å²) in [5.41, 5.74) is 0.279. The van der Waals surface area contributed by atoms with Gasteiger partial charge in [0.25, 0.3) is 11.8 Å². The molecule has 5 nitrogen and oxygen atoms in total. The maximum Gasteiger partial charge on any atom is 0.260 e. The molecule has 0 saturated heterocycles. The minimum atomic E-state index is -1.64. The Morgan fingerprint density at radius 1 is 1.23 bits per heavy atom. The van der Waals surface area contributed by atoms with Crippen LogP contribution in [0.5, 0.6) is 17.4 Å². The van der Waals surface area contributed by atoms with Crippen LogP contribution in [0.2, 0.25) is 0 Å². The van der Waals surface area contributed by atoms with Gasteiger partial charge in [-0.25, -0.2) is 18.2 Å². The van der Waals surface area contributed by atoms with Gasteiger partial charge < -0.3 is 14.4 Å². The monoisotopic (exact) mass is 372 g/mol. The van der Waals surface area contributed by atoms with Crippen LogP contribution in [0, 0.1) is 11.6 Å². The predicted molar refractivity (Wildman–Crippen MR) is 85.1 cm³/mol. The van der Waals surface area contributed by atoms with Gasteiger partial charge in [0.15, 0.2) is 17.7 Å². The van der Waals surface area contributed by atoms with Crippen LogP contribution in [0.25, 0.3) is 0 Å². The fourth-order valence-corrected chi connectivity index (χ4v) is 1.95. The van der Waals surface area contributed by atoms with Crippen LogP contribution < -0.4 is 9.47 Å². The summed E-state index contributed by atoms with van der Waals surface area (Å²) in [6, 6.07) is 5.82. The summed E-state index contributed by atoms with van der Waals surface area (Å²) in [5, 5.41) is 0. The van der Waals surface area contributed by atoms with Gasteiger partial charge in [0.05, 0.1) is 6.20 Å². The Morgan fingerprint density at radius 3 is 2.54 bits per heavy atom. The van der Waals surface area contributed by atoms with Crippen molar-refractivity contribution in [2.45, 2.75) is 6.10 Å². The molecule has 0 aliphatic heterocycles. The average molecular weight is 372 g/mol. The number of aromatic nitrogens is 1. The zero-order valence-electron chi connectivity index (χ0n) is 14.0. The molecule has 1 aromatic carbocycles. The number of carbonyl (C=O) groups is 1. The molecule has 0 atom stereocenters. The Bertz CT molecular complexity index is 783. The van der Waals surface area contributed by atoms with Gasteiger partial charge in [-0.2, -0.15) is 4.39 Å². The molecule has 140 valence electrons. The van der Waals surface area contributed by atoms with Crippen molar-refractivity contribution in [3.05, 3.63) is 47.7 Å². The highest BCUT2D eigenvalue weighted by atomic mass is 19.1. The molecule has 0 saturated carbocycles. The van der Waals surface area contributed by atoms with Crippen molar-refractivity contribution in [1.29, 1.82) is 0 Å². The molecular formula is C17H16F4N2O3. The lowest BCUT2D eigenvalue weighted by atomic mass is 10.2. The van der Waals surface area contributed by atoms with E-state index in [0.717, 1.165) is 0 Å². The number of pyridine rings is 1. The maximum absolute atomic E-state index is 14.4. The quantitative estimate of drug-likeness (QED) is 0.698. The maximum atomic E-state index is 14.4. The molecule has 0 spiro atoms. The van der Waals surface area contributed by atoms with Crippen LogP contribution in [0.15, 0.2) is 30.5 Å². The van der Waals surface area contributed by atoms with Crippen molar-refractivity contribution in [3.8, 4) is 17.4 Å². The molecule has 0 unspecified atom stereocenters. The second-order valence-corrected chi connectivity index (χ2v) is 5.43. The van der Waals surface area contributed by atoms with E-state index in [-0.39, 0.29) is 17.2 Å². The van der Waals surface area contributed by atoms with Gasteiger partial charge in [-0.15, -0.1) is 0 Å². The van der Waals surface area contributed by atoms with E-state index in [4.69, 9.17) is 4.74 Å². The Labute approximate surface area is 147 Å². The van der Waals surface area contributed by atoms with Crippen molar-refractivity contribution in [2.75, 3.05) is 27.4 Å². The highest BCUT2D eigenvalue weighted by molar-refractivity contribution is 5.94. The standard InChI is InChI=1S/C17H16F4N2O3/c1-23(2)17(24)10-4-3-5-11(6-10)26-16-14(21)15(13(20)9-22-16)25-12(7-18)8-19/h3-6,9,12H,7-8H2,1-2H3. The smallest absolute Gasteiger partial charge is 0.260 e. The Morgan fingerprint density at radius 2 is 1.92 bits per heavy atom. The van der Waals surface area contributed by atoms with Crippen molar-refractivity contribution < 1.29 is 31.8 Å². The predicted octanol–water partition coefficient (Wildman–Crippen LogP) is 3.54. The second-order valence-electron chi connectivity index (χ2n) is 5.43. The lowest BCUT2D eigenvalue weighted by molar-refractivity contribution is 0.0827. The lowest BCUT2D eigenvalue weighted by Crippen LogP contribution is -2.22. The fraction of sp³-hybridized carbons (Fsp3) is 0.294. The molecule has 1 amide bonds. The number of benzene rings is 1. The molecule has 0 fully saturated rings. The average Bonchev–Trinajstić information content (AvgIpc) is 2.64. The number of rotatable bonds is 7. The minimum Gasteiger partial charge on any atom is -0.479 e. The van der Waals surface area contributed by atoms with Gasteiger partial charge in [-0.05, 0) is 18.2 Å². The summed E-state index contributed by atoms with van der Waals surface area (Å²) in [7, 11) is 3.12. The van der Waals surface area contributed by atoms with E-state index in [1.165, 1.54) is 29.2 Å². The SMILES string of the molecule is CN(C)C(=O)c1cccc(Oc2ncc(F)c(OC(CF)CF)c2F)c1. The minimum absolute atomic E-state index is 0.0641. The molecule has 9 heteroatoms. The summed E-state index contributed by atoms with van der Waals surface area (Å²) >= 11 is 0. The number of nitrogens with zero attached hydrogens (tertiary/aromatic N) is 2. The van der Waals surface area contributed by atoms with Gasteiger partial charge in [-0.1, -0.05) is 6.07 Å². The number of carbonyl (C=O) groups excluding carboxylic acids is 1. The Hall–Kier alpha value is -2.84. The molecule has 0 aliphatic rings. The van der Waals surface area contributed by atoms with Gasteiger partial charge in [0, 0.05) is 19.7 Å².